The zero-order chi connectivity index (χ0) is 11.4. The zero-order valence-electron chi connectivity index (χ0n) is 9.31. The van der Waals surface area contributed by atoms with Crippen molar-refractivity contribution in [3.05, 3.63) is 60.2 Å². The Morgan fingerprint density at radius 1 is 1.12 bits per heavy atom. The molecule has 2 aromatic carbocycles. The summed E-state index contributed by atoms with van der Waals surface area (Å²) in [4.78, 5) is 11.8. The Bertz CT molecular complexity index is 538. The van der Waals surface area contributed by atoms with Crippen LogP contribution in [0.4, 0.5) is 0 Å². The number of hydrogen-bond donors (Lipinski definition) is 0. The predicted molar refractivity (Wildman–Crippen MR) is 67.7 cm³/mol. The molecule has 0 heterocycles. The molecule has 0 bridgehead atoms. The van der Waals surface area contributed by atoms with Crippen LogP contribution in [0.15, 0.2) is 54.6 Å². The van der Waals surface area contributed by atoms with E-state index in [0.717, 1.165) is 17.4 Å². The van der Waals surface area contributed by atoms with Gasteiger partial charge in [-0.2, -0.15) is 0 Å². The van der Waals surface area contributed by atoms with Gasteiger partial charge in [0.2, 0.25) is 0 Å². The molecule has 0 radical (unpaired) electrons. The summed E-state index contributed by atoms with van der Waals surface area (Å²) in [5.74, 6) is 0.0765. The normalized spacial score (nSPS) is 11.1. The highest BCUT2D eigenvalue weighted by molar-refractivity contribution is 6.06. The first kappa shape index (κ1) is 10.6. The standard InChI is InChI=1S/C15H14O/c1-2-3-8-15(16)14-10-9-12-6-4-5-7-13(12)11-14/h3-11H,2H2,1H3/b8-3+. The topological polar surface area (TPSA) is 17.1 Å². The highest BCUT2D eigenvalue weighted by atomic mass is 16.1. The van der Waals surface area contributed by atoms with E-state index < -0.39 is 0 Å². The van der Waals surface area contributed by atoms with Crippen LogP contribution in [-0.2, 0) is 0 Å². The van der Waals surface area contributed by atoms with E-state index in [0.29, 0.717) is 0 Å². The molecule has 0 spiro atoms. The van der Waals surface area contributed by atoms with E-state index in [1.165, 1.54) is 5.39 Å². The Kier molecular flexibility index (Phi) is 3.16. The largest absolute Gasteiger partial charge is 0.289 e. The van der Waals surface area contributed by atoms with Crippen molar-refractivity contribution in [1.82, 2.24) is 0 Å². The second-order valence-electron chi connectivity index (χ2n) is 3.74. The maximum absolute atomic E-state index is 11.8. The summed E-state index contributed by atoms with van der Waals surface area (Å²) in [5.41, 5.74) is 0.753. The average Bonchev–Trinajstić information content (AvgIpc) is 2.35. The van der Waals surface area contributed by atoms with E-state index in [1.54, 1.807) is 6.08 Å². The number of carbonyl (C=O) groups is 1. The van der Waals surface area contributed by atoms with Crippen LogP contribution in [0.5, 0.6) is 0 Å². The fraction of sp³-hybridized carbons (Fsp3) is 0.133. The minimum atomic E-state index is 0.0765. The number of hydrogen-bond acceptors (Lipinski definition) is 1. The van der Waals surface area contributed by atoms with Crippen LogP contribution < -0.4 is 0 Å². The quantitative estimate of drug-likeness (QED) is 0.553. The molecule has 2 aromatic rings. The number of carbonyl (C=O) groups excluding carboxylic acids is 1. The fourth-order valence-electron chi connectivity index (χ4n) is 1.66. The van der Waals surface area contributed by atoms with Crippen LogP contribution in [0.3, 0.4) is 0 Å². The van der Waals surface area contributed by atoms with Crippen molar-refractivity contribution in [2.24, 2.45) is 0 Å². The van der Waals surface area contributed by atoms with Gasteiger partial charge in [0, 0.05) is 5.56 Å². The third-order valence-electron chi connectivity index (χ3n) is 2.54. The zero-order valence-corrected chi connectivity index (χ0v) is 9.31. The molecule has 0 aliphatic carbocycles. The molecule has 0 aliphatic heterocycles. The molecule has 0 aliphatic rings. The maximum Gasteiger partial charge on any atom is 0.185 e. The van der Waals surface area contributed by atoms with E-state index in [4.69, 9.17) is 0 Å². The molecule has 80 valence electrons. The van der Waals surface area contributed by atoms with Crippen molar-refractivity contribution in [2.45, 2.75) is 13.3 Å². The summed E-state index contributed by atoms with van der Waals surface area (Å²) in [6.07, 6.45) is 4.42. The molecule has 0 amide bonds. The lowest BCUT2D eigenvalue weighted by Gasteiger charge is -2.00. The lowest BCUT2D eigenvalue weighted by atomic mass is 10.0. The van der Waals surface area contributed by atoms with Gasteiger partial charge in [0.05, 0.1) is 0 Å². The van der Waals surface area contributed by atoms with Crippen molar-refractivity contribution in [3.8, 4) is 0 Å². The van der Waals surface area contributed by atoms with Gasteiger partial charge >= 0.3 is 0 Å². The van der Waals surface area contributed by atoms with Gasteiger partial charge < -0.3 is 0 Å². The van der Waals surface area contributed by atoms with Crippen LogP contribution >= 0.6 is 0 Å². The summed E-state index contributed by atoms with van der Waals surface area (Å²) >= 11 is 0. The predicted octanol–water partition coefficient (Wildman–Crippen LogP) is 3.99. The van der Waals surface area contributed by atoms with E-state index in [2.05, 4.69) is 0 Å². The molecule has 2 rings (SSSR count). The van der Waals surface area contributed by atoms with E-state index in [1.807, 2.05) is 55.5 Å². The van der Waals surface area contributed by atoms with Crippen molar-refractivity contribution in [2.75, 3.05) is 0 Å². The van der Waals surface area contributed by atoms with E-state index >= 15 is 0 Å². The summed E-state index contributed by atoms with van der Waals surface area (Å²) in [6.45, 7) is 2.02. The molecule has 0 atom stereocenters. The Morgan fingerprint density at radius 2 is 1.88 bits per heavy atom. The maximum atomic E-state index is 11.8. The molecular weight excluding hydrogens is 196 g/mol. The molecule has 16 heavy (non-hydrogen) atoms. The summed E-state index contributed by atoms with van der Waals surface area (Å²) in [7, 11) is 0. The van der Waals surface area contributed by atoms with Crippen molar-refractivity contribution in [1.29, 1.82) is 0 Å². The van der Waals surface area contributed by atoms with Gasteiger partial charge in [-0.1, -0.05) is 49.4 Å². The highest BCUT2D eigenvalue weighted by Gasteiger charge is 2.01. The van der Waals surface area contributed by atoms with Gasteiger partial charge in [-0.25, -0.2) is 0 Å². The number of benzene rings is 2. The lowest BCUT2D eigenvalue weighted by Crippen LogP contribution is -1.93. The third-order valence-corrected chi connectivity index (χ3v) is 2.54. The summed E-state index contributed by atoms with van der Waals surface area (Å²) < 4.78 is 0. The lowest BCUT2D eigenvalue weighted by molar-refractivity contribution is 0.104. The van der Waals surface area contributed by atoms with Crippen molar-refractivity contribution < 1.29 is 4.79 Å². The van der Waals surface area contributed by atoms with Crippen LogP contribution in [0, 0.1) is 0 Å². The van der Waals surface area contributed by atoms with E-state index in [9.17, 15) is 4.79 Å². The van der Waals surface area contributed by atoms with Crippen molar-refractivity contribution >= 4 is 16.6 Å². The smallest absolute Gasteiger partial charge is 0.185 e. The second kappa shape index (κ2) is 4.75. The molecule has 0 fully saturated rings. The minimum absolute atomic E-state index is 0.0765. The highest BCUT2D eigenvalue weighted by Crippen LogP contribution is 2.16. The van der Waals surface area contributed by atoms with Crippen LogP contribution in [0.25, 0.3) is 10.8 Å². The van der Waals surface area contributed by atoms with Crippen LogP contribution in [-0.4, -0.2) is 5.78 Å². The van der Waals surface area contributed by atoms with Gasteiger partial charge in [0.15, 0.2) is 5.78 Å². The second-order valence-corrected chi connectivity index (χ2v) is 3.74. The molecule has 0 unspecified atom stereocenters. The Hall–Kier alpha value is -1.89. The summed E-state index contributed by atoms with van der Waals surface area (Å²) in [6, 6.07) is 13.9. The van der Waals surface area contributed by atoms with Gasteiger partial charge in [-0.05, 0) is 29.3 Å². The number of rotatable bonds is 3. The van der Waals surface area contributed by atoms with Gasteiger partial charge in [0.1, 0.15) is 0 Å². The van der Waals surface area contributed by atoms with Gasteiger partial charge in [0.25, 0.3) is 0 Å². The Labute approximate surface area is 95.4 Å². The minimum Gasteiger partial charge on any atom is -0.289 e. The Balaban J connectivity index is 2.39. The Morgan fingerprint density at radius 3 is 2.62 bits per heavy atom. The first-order valence-corrected chi connectivity index (χ1v) is 5.51. The first-order chi connectivity index (χ1) is 7.81. The molecule has 1 heteroatoms. The summed E-state index contributed by atoms with van der Waals surface area (Å²) in [5, 5.41) is 2.27. The molecular formula is C15H14O. The molecule has 1 nitrogen and oxygen atoms in total. The number of fused-ring (bicyclic) bond motifs is 1. The SMILES string of the molecule is CC/C=C/C(=O)c1ccc2ccccc2c1. The van der Waals surface area contributed by atoms with E-state index in [-0.39, 0.29) is 5.78 Å². The molecule has 0 aromatic heterocycles. The number of ketones is 1. The van der Waals surface area contributed by atoms with Crippen molar-refractivity contribution in [3.63, 3.8) is 0 Å². The fourth-order valence-corrected chi connectivity index (χ4v) is 1.66. The van der Waals surface area contributed by atoms with Crippen LogP contribution in [0.1, 0.15) is 23.7 Å². The third kappa shape index (κ3) is 2.19. The first-order valence-electron chi connectivity index (χ1n) is 5.51. The molecule has 0 saturated heterocycles. The molecule has 0 saturated carbocycles. The number of allylic oxidation sites excluding steroid dienone is 2. The van der Waals surface area contributed by atoms with Gasteiger partial charge in [-0.15, -0.1) is 0 Å². The molecule has 0 N–H and O–H groups in total. The van der Waals surface area contributed by atoms with Gasteiger partial charge in [-0.3, -0.25) is 4.79 Å². The van der Waals surface area contributed by atoms with Crippen LogP contribution in [0.2, 0.25) is 0 Å². The average molecular weight is 210 g/mol. The monoisotopic (exact) mass is 210 g/mol.